The molecular formula is C34H47N9OSi. The minimum atomic E-state index is -1.95. The van der Waals surface area contributed by atoms with E-state index in [9.17, 15) is 5.26 Å². The van der Waals surface area contributed by atoms with E-state index >= 15 is 0 Å². The van der Waals surface area contributed by atoms with E-state index in [0.29, 0.717) is 37.1 Å². The number of rotatable bonds is 11. The molecule has 1 aliphatic rings. The Morgan fingerprint density at radius 2 is 2.02 bits per heavy atom. The third-order valence-electron chi connectivity index (χ3n) is 9.36. The van der Waals surface area contributed by atoms with Gasteiger partial charge >= 0.3 is 0 Å². The van der Waals surface area contributed by atoms with Crippen LogP contribution in [0.4, 0.5) is 17.3 Å². The molecule has 0 amide bonds. The first-order valence-corrected chi connectivity index (χ1v) is 18.7. The predicted molar refractivity (Wildman–Crippen MR) is 182 cm³/mol. The van der Waals surface area contributed by atoms with Gasteiger partial charge in [0.05, 0.1) is 53.1 Å². The lowest BCUT2D eigenvalue weighted by Crippen LogP contribution is -2.45. The summed E-state index contributed by atoms with van der Waals surface area (Å²) in [5.74, 6) is 1.04. The molecule has 0 unspecified atom stereocenters. The van der Waals surface area contributed by atoms with E-state index in [4.69, 9.17) is 14.5 Å². The molecule has 0 radical (unpaired) electrons. The second-order valence-electron chi connectivity index (χ2n) is 14.5. The summed E-state index contributed by atoms with van der Waals surface area (Å²) in [6, 6.07) is 8.38. The Hall–Kier alpha value is -4.01. The number of aryl methyl sites for hydroxylation is 2. The summed E-state index contributed by atoms with van der Waals surface area (Å²) in [6.07, 6.45) is 9.31. The Bertz CT molecular complexity index is 1710. The van der Waals surface area contributed by atoms with Crippen molar-refractivity contribution in [3.8, 4) is 17.3 Å². The molecule has 2 N–H and O–H groups in total. The molecule has 0 saturated heterocycles. The molecular weight excluding hydrogens is 579 g/mol. The van der Waals surface area contributed by atoms with Crippen molar-refractivity contribution >= 4 is 25.6 Å². The molecule has 0 fully saturated rings. The van der Waals surface area contributed by atoms with Gasteiger partial charge in [-0.3, -0.25) is 4.68 Å². The zero-order valence-corrected chi connectivity index (χ0v) is 29.2. The quantitative estimate of drug-likeness (QED) is 0.171. The molecule has 0 saturated carbocycles. The van der Waals surface area contributed by atoms with Gasteiger partial charge in [-0.1, -0.05) is 41.5 Å². The number of hydrogen-bond donors (Lipinski definition) is 2. The van der Waals surface area contributed by atoms with Crippen LogP contribution >= 0.6 is 0 Å². The van der Waals surface area contributed by atoms with Gasteiger partial charge in [0.2, 0.25) is 5.95 Å². The second kappa shape index (κ2) is 12.4. The number of hydrogen-bond acceptors (Lipinski definition) is 8. The Kier molecular flexibility index (Phi) is 8.93. The number of nitriles is 1. The van der Waals surface area contributed by atoms with Gasteiger partial charge in [-0.2, -0.15) is 10.4 Å². The molecule has 5 rings (SSSR count). The van der Waals surface area contributed by atoms with Crippen LogP contribution in [0, 0.1) is 17.2 Å². The minimum absolute atomic E-state index is 0.117. The molecule has 11 heteroatoms. The monoisotopic (exact) mass is 625 g/mol. The van der Waals surface area contributed by atoms with Gasteiger partial charge in [0.1, 0.15) is 6.07 Å². The molecule has 1 aromatic carbocycles. The average Bonchev–Trinajstić information content (AvgIpc) is 3.67. The topological polar surface area (TPSA) is 118 Å². The molecule has 238 valence electrons. The van der Waals surface area contributed by atoms with Crippen molar-refractivity contribution in [1.82, 2.24) is 29.3 Å². The van der Waals surface area contributed by atoms with Crippen molar-refractivity contribution in [3.63, 3.8) is 0 Å². The van der Waals surface area contributed by atoms with Gasteiger partial charge < -0.3 is 19.6 Å². The highest BCUT2D eigenvalue weighted by molar-refractivity contribution is 6.74. The summed E-state index contributed by atoms with van der Waals surface area (Å²) in [5.41, 5.74) is 6.89. The van der Waals surface area contributed by atoms with E-state index in [0.717, 1.165) is 52.4 Å². The number of fused-ring (bicyclic) bond motifs is 1. The number of nitrogens with zero attached hydrogens (tertiary/aromatic N) is 7. The van der Waals surface area contributed by atoms with E-state index in [1.54, 1.807) is 12.5 Å². The van der Waals surface area contributed by atoms with Crippen LogP contribution in [0.25, 0.3) is 11.3 Å². The summed E-state index contributed by atoms with van der Waals surface area (Å²) >= 11 is 0. The SMILES string of the molecule is CC(C)CCc1nn(Cc2cncn2C)cc1Nc1nccc(-c2cc(C#N)c3c(c2)[C@@](C)(CO[Si](C)(C)C(C)(C)C)CN3)n1. The van der Waals surface area contributed by atoms with Crippen LogP contribution in [0.15, 0.2) is 43.1 Å². The second-order valence-corrected chi connectivity index (χ2v) is 19.3. The van der Waals surface area contributed by atoms with E-state index in [1.807, 2.05) is 40.8 Å². The maximum absolute atomic E-state index is 10.1. The van der Waals surface area contributed by atoms with Crippen LogP contribution in [-0.2, 0) is 29.9 Å². The number of aromatic nitrogens is 6. The molecule has 0 aliphatic carbocycles. The Labute approximate surface area is 268 Å². The summed E-state index contributed by atoms with van der Waals surface area (Å²) in [6.45, 7) is 19.9. The normalized spacial score (nSPS) is 16.5. The maximum atomic E-state index is 10.1. The van der Waals surface area contributed by atoms with Crippen molar-refractivity contribution < 1.29 is 4.43 Å². The van der Waals surface area contributed by atoms with E-state index < -0.39 is 8.32 Å². The summed E-state index contributed by atoms with van der Waals surface area (Å²) < 4.78 is 10.6. The predicted octanol–water partition coefficient (Wildman–Crippen LogP) is 7.03. The molecule has 1 atom stereocenters. The number of benzene rings is 1. The lowest BCUT2D eigenvalue weighted by atomic mass is 9.83. The van der Waals surface area contributed by atoms with Gasteiger partial charge in [0.25, 0.3) is 0 Å². The van der Waals surface area contributed by atoms with Gasteiger partial charge in [-0.25, -0.2) is 15.0 Å². The molecule has 45 heavy (non-hydrogen) atoms. The van der Waals surface area contributed by atoms with Gasteiger partial charge in [0, 0.05) is 43.6 Å². The standard InChI is InChI=1S/C34H47N9OSi/c1-23(2)10-11-29-30(19-43(41-29)18-26-17-36-22-42(26)7)40-32-37-13-12-28(39-32)24-14-25(16-35)31-27(15-24)34(6,20-38-31)21-44-45(8,9)33(3,4)5/h12-15,17,19,22-23,38H,10-11,18,20-21H2,1-9H3,(H,37,39,40)/t34-/m1/s1. The Morgan fingerprint density at radius 3 is 2.69 bits per heavy atom. The first-order valence-electron chi connectivity index (χ1n) is 15.8. The van der Waals surface area contributed by atoms with Gasteiger partial charge in [0.15, 0.2) is 8.32 Å². The van der Waals surface area contributed by atoms with Crippen LogP contribution in [0.2, 0.25) is 18.1 Å². The highest BCUT2D eigenvalue weighted by Crippen LogP contribution is 2.44. The van der Waals surface area contributed by atoms with Crippen LogP contribution in [-0.4, -0.2) is 50.8 Å². The van der Waals surface area contributed by atoms with E-state index in [-0.39, 0.29) is 10.5 Å². The smallest absolute Gasteiger partial charge is 0.227 e. The van der Waals surface area contributed by atoms with E-state index in [2.05, 4.69) is 87.4 Å². The van der Waals surface area contributed by atoms with Crippen LogP contribution < -0.4 is 10.6 Å². The van der Waals surface area contributed by atoms with Crippen molar-refractivity contribution in [3.05, 3.63) is 65.6 Å². The van der Waals surface area contributed by atoms with Gasteiger partial charge in [-0.05, 0) is 60.7 Å². The van der Waals surface area contributed by atoms with Crippen LogP contribution in [0.5, 0.6) is 0 Å². The van der Waals surface area contributed by atoms with Gasteiger partial charge in [-0.15, -0.1) is 0 Å². The van der Waals surface area contributed by atoms with E-state index in [1.165, 1.54) is 0 Å². The third-order valence-corrected chi connectivity index (χ3v) is 13.8. The third kappa shape index (κ3) is 6.97. The molecule has 10 nitrogen and oxygen atoms in total. The van der Waals surface area contributed by atoms with Crippen molar-refractivity contribution in [2.24, 2.45) is 13.0 Å². The molecule has 4 aromatic rings. The Morgan fingerprint density at radius 1 is 1.24 bits per heavy atom. The minimum Gasteiger partial charge on any atom is -0.416 e. The lowest BCUT2D eigenvalue weighted by Gasteiger charge is -2.39. The molecule has 4 heterocycles. The number of anilines is 3. The average molecular weight is 626 g/mol. The lowest BCUT2D eigenvalue weighted by molar-refractivity contribution is 0.220. The molecule has 3 aromatic heterocycles. The van der Waals surface area contributed by atoms with Crippen LogP contribution in [0.3, 0.4) is 0 Å². The zero-order chi connectivity index (χ0) is 32.6. The van der Waals surface area contributed by atoms with Crippen LogP contribution in [0.1, 0.15) is 70.5 Å². The highest BCUT2D eigenvalue weighted by Gasteiger charge is 2.42. The van der Waals surface area contributed by atoms with Crippen molar-refractivity contribution in [2.75, 3.05) is 23.8 Å². The first kappa shape index (κ1) is 32.4. The molecule has 1 aliphatic heterocycles. The fourth-order valence-corrected chi connectivity index (χ4v) is 6.38. The number of nitrogens with one attached hydrogen (secondary N) is 2. The fraction of sp³-hybridized carbons (Fsp3) is 0.500. The first-order chi connectivity index (χ1) is 21.2. The highest BCUT2D eigenvalue weighted by atomic mass is 28.4. The fourth-order valence-electron chi connectivity index (χ4n) is 5.27. The zero-order valence-electron chi connectivity index (χ0n) is 28.2. The molecule has 0 spiro atoms. The number of imidazole rings is 1. The maximum Gasteiger partial charge on any atom is 0.227 e. The largest absolute Gasteiger partial charge is 0.416 e. The Balaban J connectivity index is 1.44. The summed E-state index contributed by atoms with van der Waals surface area (Å²) in [7, 11) is 0.0323. The summed E-state index contributed by atoms with van der Waals surface area (Å²) in [4.78, 5) is 13.7. The van der Waals surface area contributed by atoms with Crippen molar-refractivity contribution in [2.45, 2.75) is 84.5 Å². The summed E-state index contributed by atoms with van der Waals surface area (Å²) in [5, 5.41) is 22.1. The molecule has 0 bridgehead atoms. The van der Waals surface area contributed by atoms with Crippen molar-refractivity contribution in [1.29, 1.82) is 5.26 Å².